The fourth-order valence-corrected chi connectivity index (χ4v) is 4.87. The van der Waals surface area contributed by atoms with Crippen molar-refractivity contribution in [1.82, 2.24) is 4.98 Å². The van der Waals surface area contributed by atoms with Gasteiger partial charge in [0.2, 0.25) is 15.9 Å². The highest BCUT2D eigenvalue weighted by Crippen LogP contribution is 2.35. The number of benzene rings is 3. The highest BCUT2D eigenvalue weighted by Gasteiger charge is 2.31. The van der Waals surface area contributed by atoms with Gasteiger partial charge in [-0.15, -0.1) is 0 Å². The summed E-state index contributed by atoms with van der Waals surface area (Å²) < 4.78 is 40.6. The second kappa shape index (κ2) is 10.9. The van der Waals surface area contributed by atoms with Gasteiger partial charge in [0.15, 0.2) is 5.76 Å². The summed E-state index contributed by atoms with van der Waals surface area (Å²) in [5, 5.41) is 16.2. The number of primary sulfonamides is 1. The average molecular weight is 533 g/mol. The van der Waals surface area contributed by atoms with E-state index in [-0.39, 0.29) is 11.5 Å². The molecule has 0 amide bonds. The Labute approximate surface area is 221 Å². The van der Waals surface area contributed by atoms with Gasteiger partial charge in [0.1, 0.15) is 18.1 Å². The van der Waals surface area contributed by atoms with Crippen molar-refractivity contribution in [3.8, 4) is 28.3 Å². The highest BCUT2D eigenvalue weighted by molar-refractivity contribution is 7.89. The summed E-state index contributed by atoms with van der Waals surface area (Å²) in [5.41, 5.74) is 2.08. The molecule has 0 unspecified atom stereocenters. The minimum atomic E-state index is -3.80. The van der Waals surface area contributed by atoms with Crippen molar-refractivity contribution in [2.75, 3.05) is 19.8 Å². The molecule has 196 valence electrons. The van der Waals surface area contributed by atoms with Crippen LogP contribution in [-0.2, 0) is 20.4 Å². The van der Waals surface area contributed by atoms with Gasteiger partial charge < -0.3 is 19.0 Å². The monoisotopic (exact) mass is 532 g/mol. The molecule has 0 aliphatic carbocycles. The van der Waals surface area contributed by atoms with Gasteiger partial charge in [-0.2, -0.15) is 0 Å². The van der Waals surface area contributed by atoms with Crippen LogP contribution in [-0.4, -0.2) is 38.3 Å². The summed E-state index contributed by atoms with van der Waals surface area (Å²) in [7, 11) is -3.80. The van der Waals surface area contributed by atoms with Crippen LogP contribution in [0.4, 0.5) is 0 Å². The van der Waals surface area contributed by atoms with Gasteiger partial charge in [0, 0.05) is 43.3 Å². The van der Waals surface area contributed by atoms with E-state index in [4.69, 9.17) is 19.0 Å². The van der Waals surface area contributed by atoms with Crippen LogP contribution in [0.5, 0.6) is 5.75 Å². The van der Waals surface area contributed by atoms with E-state index in [9.17, 15) is 13.5 Å². The molecule has 1 aromatic heterocycles. The van der Waals surface area contributed by atoms with E-state index in [1.807, 2.05) is 54.6 Å². The second-order valence-electron chi connectivity index (χ2n) is 9.05. The summed E-state index contributed by atoms with van der Waals surface area (Å²) >= 11 is 0. The molecule has 5 rings (SSSR count). The number of oxazole rings is 1. The van der Waals surface area contributed by atoms with Gasteiger partial charge in [-0.1, -0.05) is 42.5 Å². The topological polar surface area (TPSA) is 125 Å². The van der Waals surface area contributed by atoms with E-state index < -0.39 is 15.6 Å². The third kappa shape index (κ3) is 5.87. The number of hydrogen-bond acceptors (Lipinski definition) is 7. The number of sulfonamides is 1. The molecule has 4 aromatic rings. The van der Waals surface area contributed by atoms with Crippen molar-refractivity contribution in [1.29, 1.82) is 0 Å². The Hall–Kier alpha value is -3.76. The second-order valence-corrected chi connectivity index (χ2v) is 10.6. The molecule has 0 spiro atoms. The Morgan fingerprint density at radius 1 is 0.974 bits per heavy atom. The molecule has 2 heterocycles. The lowest BCUT2D eigenvalue weighted by Crippen LogP contribution is -2.33. The number of ether oxygens (including phenoxy) is 2. The van der Waals surface area contributed by atoms with Crippen molar-refractivity contribution in [3.05, 3.63) is 96.4 Å². The lowest BCUT2D eigenvalue weighted by molar-refractivity contribution is -0.0680. The minimum absolute atomic E-state index is 0.0207. The van der Waals surface area contributed by atoms with Crippen LogP contribution in [0.1, 0.15) is 24.3 Å². The van der Waals surface area contributed by atoms with E-state index in [1.54, 1.807) is 24.3 Å². The SMILES string of the molecule is NS(=O)(=O)c1ccc(-c2oc(C=CCOc3cccc(C4(O)CCOCC4)c3)nc2-c2ccccc2)cc1. The summed E-state index contributed by atoms with van der Waals surface area (Å²) in [6, 6.07) is 23.2. The minimum Gasteiger partial charge on any atom is -0.490 e. The van der Waals surface area contributed by atoms with Crippen molar-refractivity contribution in [3.63, 3.8) is 0 Å². The lowest BCUT2D eigenvalue weighted by atomic mass is 9.86. The average Bonchev–Trinajstić information content (AvgIpc) is 3.36. The van der Waals surface area contributed by atoms with E-state index in [1.165, 1.54) is 12.1 Å². The molecule has 1 aliphatic heterocycles. The van der Waals surface area contributed by atoms with Gasteiger partial charge in [-0.3, -0.25) is 0 Å². The summed E-state index contributed by atoms with van der Waals surface area (Å²) in [4.78, 5) is 4.68. The molecular weight excluding hydrogens is 504 g/mol. The molecule has 1 saturated heterocycles. The van der Waals surface area contributed by atoms with Gasteiger partial charge in [-0.05, 0) is 48.0 Å². The van der Waals surface area contributed by atoms with Gasteiger partial charge in [-0.25, -0.2) is 18.5 Å². The lowest BCUT2D eigenvalue weighted by Gasteiger charge is -2.32. The fraction of sp³-hybridized carbons (Fsp3) is 0.207. The maximum atomic E-state index is 11.6. The van der Waals surface area contributed by atoms with Gasteiger partial charge >= 0.3 is 0 Å². The number of aliphatic hydroxyl groups is 1. The summed E-state index contributed by atoms with van der Waals surface area (Å²) in [5.74, 6) is 1.54. The molecule has 1 aliphatic rings. The first-order valence-corrected chi connectivity index (χ1v) is 13.8. The van der Waals surface area contributed by atoms with E-state index in [0.29, 0.717) is 54.7 Å². The van der Waals surface area contributed by atoms with Crippen LogP contribution in [0, 0.1) is 0 Å². The molecule has 1 fully saturated rings. The molecule has 9 heteroatoms. The van der Waals surface area contributed by atoms with E-state index in [0.717, 1.165) is 11.1 Å². The van der Waals surface area contributed by atoms with E-state index in [2.05, 4.69) is 4.98 Å². The predicted molar refractivity (Wildman–Crippen MR) is 144 cm³/mol. The number of rotatable bonds is 8. The molecule has 0 atom stereocenters. The summed E-state index contributed by atoms with van der Waals surface area (Å²) in [6.07, 6.45) is 4.63. The smallest absolute Gasteiger partial charge is 0.238 e. The van der Waals surface area contributed by atoms with Crippen LogP contribution < -0.4 is 9.88 Å². The van der Waals surface area contributed by atoms with Crippen molar-refractivity contribution < 1.29 is 27.4 Å². The first-order valence-electron chi connectivity index (χ1n) is 12.2. The zero-order chi connectivity index (χ0) is 26.6. The first-order chi connectivity index (χ1) is 18.3. The molecular formula is C29H28N2O6S. The zero-order valence-corrected chi connectivity index (χ0v) is 21.4. The Morgan fingerprint density at radius 3 is 2.42 bits per heavy atom. The maximum absolute atomic E-state index is 11.6. The third-order valence-electron chi connectivity index (χ3n) is 6.43. The molecule has 3 aromatic carbocycles. The molecule has 0 radical (unpaired) electrons. The number of nitrogens with zero attached hydrogens (tertiary/aromatic N) is 1. The quantitative estimate of drug-likeness (QED) is 0.336. The normalized spacial score (nSPS) is 15.5. The fourth-order valence-electron chi connectivity index (χ4n) is 4.36. The van der Waals surface area contributed by atoms with Crippen LogP contribution >= 0.6 is 0 Å². The van der Waals surface area contributed by atoms with Gasteiger partial charge in [0.05, 0.1) is 10.5 Å². The predicted octanol–water partition coefficient (Wildman–Crippen LogP) is 4.75. The number of aromatic nitrogens is 1. The van der Waals surface area contributed by atoms with Crippen molar-refractivity contribution in [2.24, 2.45) is 5.14 Å². The third-order valence-corrected chi connectivity index (χ3v) is 7.36. The van der Waals surface area contributed by atoms with Crippen LogP contribution in [0.3, 0.4) is 0 Å². The van der Waals surface area contributed by atoms with Crippen LogP contribution in [0.15, 0.2) is 94.3 Å². The molecule has 38 heavy (non-hydrogen) atoms. The number of hydrogen-bond donors (Lipinski definition) is 2. The summed E-state index contributed by atoms with van der Waals surface area (Å²) in [6.45, 7) is 1.33. The Kier molecular flexibility index (Phi) is 7.44. The first kappa shape index (κ1) is 25.9. The Morgan fingerprint density at radius 2 is 1.71 bits per heavy atom. The molecule has 0 saturated carbocycles. The Balaban J connectivity index is 1.34. The van der Waals surface area contributed by atoms with E-state index >= 15 is 0 Å². The molecule has 0 bridgehead atoms. The van der Waals surface area contributed by atoms with Crippen LogP contribution in [0.25, 0.3) is 28.7 Å². The van der Waals surface area contributed by atoms with Crippen molar-refractivity contribution in [2.45, 2.75) is 23.3 Å². The standard InChI is InChI=1S/C29H28N2O6S/c30-38(33,34)25-13-11-22(12-14-25)28-27(21-6-2-1-3-7-21)31-26(37-28)10-5-17-36-24-9-4-8-23(20-24)29(32)15-18-35-19-16-29/h1-14,20,32H,15-19H2,(H2,30,33,34). The molecule has 3 N–H and O–H groups in total. The van der Waals surface area contributed by atoms with Crippen molar-refractivity contribution >= 4 is 16.1 Å². The highest BCUT2D eigenvalue weighted by atomic mass is 32.2. The zero-order valence-electron chi connectivity index (χ0n) is 20.6. The number of nitrogens with two attached hydrogens (primary N) is 1. The van der Waals surface area contributed by atoms with Crippen LogP contribution in [0.2, 0.25) is 0 Å². The largest absolute Gasteiger partial charge is 0.490 e. The maximum Gasteiger partial charge on any atom is 0.238 e. The van der Waals surface area contributed by atoms with Gasteiger partial charge in [0.25, 0.3) is 0 Å². The molecule has 8 nitrogen and oxygen atoms in total. The Bertz CT molecular complexity index is 1520.